The van der Waals surface area contributed by atoms with Gasteiger partial charge < -0.3 is 0 Å². The molecule has 0 bridgehead atoms. The fourth-order valence-corrected chi connectivity index (χ4v) is 1.42. The van der Waals surface area contributed by atoms with Gasteiger partial charge >= 0.3 is 0 Å². The van der Waals surface area contributed by atoms with Gasteiger partial charge in [-0.3, -0.25) is 9.97 Å². The highest BCUT2D eigenvalue weighted by atomic mass is 19.1. The molecule has 0 radical (unpaired) electrons. The van der Waals surface area contributed by atoms with E-state index in [2.05, 4.69) is 9.97 Å². The minimum atomic E-state index is -0.217. The minimum Gasteiger partial charge on any atom is -0.261 e. The third-order valence-corrected chi connectivity index (χ3v) is 2.27. The molecule has 0 saturated carbocycles. The number of hydrogen-bond acceptors (Lipinski definition) is 2. The lowest BCUT2D eigenvalue weighted by Crippen LogP contribution is -1.85. The standard InChI is InChI=1S/C13H11FN2/c1-2-12(14)10-3-5-11(6-4-10)13-9-15-7-8-16-13/h2-9H,1H3/b12-2-. The van der Waals surface area contributed by atoms with Crippen LogP contribution in [0.4, 0.5) is 4.39 Å². The lowest BCUT2D eigenvalue weighted by atomic mass is 10.1. The maximum atomic E-state index is 13.2. The Balaban J connectivity index is 2.34. The van der Waals surface area contributed by atoms with Crippen molar-refractivity contribution >= 4 is 5.83 Å². The Labute approximate surface area is 93.5 Å². The second-order valence-corrected chi connectivity index (χ2v) is 3.30. The molecular formula is C13H11FN2. The fourth-order valence-electron chi connectivity index (χ4n) is 1.42. The first-order chi connectivity index (χ1) is 7.81. The summed E-state index contributed by atoms with van der Waals surface area (Å²) >= 11 is 0. The third kappa shape index (κ3) is 2.14. The monoisotopic (exact) mass is 214 g/mol. The zero-order chi connectivity index (χ0) is 11.4. The molecule has 1 aromatic heterocycles. The average molecular weight is 214 g/mol. The van der Waals surface area contributed by atoms with E-state index in [1.54, 1.807) is 37.6 Å². The van der Waals surface area contributed by atoms with Crippen molar-refractivity contribution in [3.8, 4) is 11.3 Å². The van der Waals surface area contributed by atoms with E-state index in [0.29, 0.717) is 5.56 Å². The van der Waals surface area contributed by atoms with Gasteiger partial charge in [0, 0.05) is 23.5 Å². The molecule has 0 aliphatic carbocycles. The molecule has 0 aliphatic heterocycles. The molecule has 0 fully saturated rings. The van der Waals surface area contributed by atoms with E-state index in [9.17, 15) is 4.39 Å². The molecule has 0 spiro atoms. The number of halogens is 1. The summed E-state index contributed by atoms with van der Waals surface area (Å²) in [5.41, 5.74) is 2.30. The molecule has 16 heavy (non-hydrogen) atoms. The van der Waals surface area contributed by atoms with Gasteiger partial charge in [0.05, 0.1) is 11.9 Å². The zero-order valence-corrected chi connectivity index (χ0v) is 8.89. The summed E-state index contributed by atoms with van der Waals surface area (Å²) in [5, 5.41) is 0. The normalized spacial score (nSPS) is 11.5. The van der Waals surface area contributed by atoms with Crippen LogP contribution in [0.5, 0.6) is 0 Å². The van der Waals surface area contributed by atoms with Crippen LogP contribution in [0.2, 0.25) is 0 Å². The first kappa shape index (κ1) is 10.5. The van der Waals surface area contributed by atoms with Crippen molar-refractivity contribution in [2.75, 3.05) is 0 Å². The van der Waals surface area contributed by atoms with Crippen LogP contribution < -0.4 is 0 Å². The quantitative estimate of drug-likeness (QED) is 0.764. The van der Waals surface area contributed by atoms with Gasteiger partial charge in [-0.2, -0.15) is 0 Å². The summed E-state index contributed by atoms with van der Waals surface area (Å²) in [4.78, 5) is 8.16. The summed E-state index contributed by atoms with van der Waals surface area (Å²) in [6.07, 6.45) is 6.38. The molecule has 80 valence electrons. The molecule has 2 nitrogen and oxygen atoms in total. The van der Waals surface area contributed by atoms with Gasteiger partial charge in [-0.15, -0.1) is 0 Å². The van der Waals surface area contributed by atoms with Crippen LogP contribution in [0.1, 0.15) is 12.5 Å². The highest BCUT2D eigenvalue weighted by molar-refractivity contribution is 5.64. The molecule has 0 atom stereocenters. The van der Waals surface area contributed by atoms with E-state index in [4.69, 9.17) is 0 Å². The summed E-state index contributed by atoms with van der Waals surface area (Å²) in [6, 6.07) is 7.14. The molecule has 0 unspecified atom stereocenters. The van der Waals surface area contributed by atoms with Crippen LogP contribution in [0.25, 0.3) is 17.1 Å². The minimum absolute atomic E-state index is 0.217. The molecule has 2 aromatic rings. The predicted octanol–water partition coefficient (Wildman–Crippen LogP) is 3.47. The van der Waals surface area contributed by atoms with Crippen molar-refractivity contribution in [1.29, 1.82) is 0 Å². The van der Waals surface area contributed by atoms with Gasteiger partial charge in [-0.05, 0) is 6.92 Å². The fraction of sp³-hybridized carbons (Fsp3) is 0.0769. The van der Waals surface area contributed by atoms with Gasteiger partial charge in [0.1, 0.15) is 5.83 Å². The van der Waals surface area contributed by atoms with E-state index in [1.807, 2.05) is 12.1 Å². The number of nitrogens with zero attached hydrogens (tertiary/aromatic N) is 2. The van der Waals surface area contributed by atoms with E-state index in [0.717, 1.165) is 11.3 Å². The number of benzene rings is 1. The second kappa shape index (κ2) is 4.66. The van der Waals surface area contributed by atoms with E-state index in [-0.39, 0.29) is 5.83 Å². The van der Waals surface area contributed by atoms with Crippen LogP contribution in [0, 0.1) is 0 Å². The Morgan fingerprint density at radius 1 is 1.19 bits per heavy atom. The highest BCUT2D eigenvalue weighted by Crippen LogP contribution is 2.20. The van der Waals surface area contributed by atoms with Gasteiger partial charge in [-0.25, -0.2) is 4.39 Å². The Morgan fingerprint density at radius 3 is 2.50 bits per heavy atom. The molecule has 0 saturated heterocycles. The number of aromatic nitrogens is 2. The Bertz CT molecular complexity index is 489. The van der Waals surface area contributed by atoms with E-state index in [1.165, 1.54) is 6.08 Å². The Morgan fingerprint density at radius 2 is 1.94 bits per heavy atom. The molecule has 0 N–H and O–H groups in total. The summed E-state index contributed by atoms with van der Waals surface area (Å²) in [6.45, 7) is 1.67. The van der Waals surface area contributed by atoms with Crippen molar-refractivity contribution in [1.82, 2.24) is 9.97 Å². The van der Waals surface area contributed by atoms with Crippen molar-refractivity contribution in [3.63, 3.8) is 0 Å². The number of rotatable bonds is 2. The van der Waals surface area contributed by atoms with Crippen molar-refractivity contribution in [2.45, 2.75) is 6.92 Å². The van der Waals surface area contributed by atoms with Crippen LogP contribution >= 0.6 is 0 Å². The van der Waals surface area contributed by atoms with Crippen LogP contribution in [-0.2, 0) is 0 Å². The van der Waals surface area contributed by atoms with E-state index < -0.39 is 0 Å². The smallest absolute Gasteiger partial charge is 0.126 e. The molecule has 0 aliphatic rings. The van der Waals surface area contributed by atoms with Gasteiger partial charge in [-0.1, -0.05) is 30.3 Å². The summed E-state index contributed by atoms with van der Waals surface area (Å²) < 4.78 is 13.2. The second-order valence-electron chi connectivity index (χ2n) is 3.30. The third-order valence-electron chi connectivity index (χ3n) is 2.27. The number of hydrogen-bond donors (Lipinski definition) is 0. The zero-order valence-electron chi connectivity index (χ0n) is 8.89. The Hall–Kier alpha value is -2.03. The molecular weight excluding hydrogens is 203 g/mol. The van der Waals surface area contributed by atoms with Gasteiger partial charge in [0.15, 0.2) is 0 Å². The molecule has 2 rings (SSSR count). The lowest BCUT2D eigenvalue weighted by Gasteiger charge is -2.01. The first-order valence-electron chi connectivity index (χ1n) is 5.00. The van der Waals surface area contributed by atoms with Crippen LogP contribution in [0.3, 0.4) is 0 Å². The molecule has 1 aromatic carbocycles. The van der Waals surface area contributed by atoms with Gasteiger partial charge in [0.25, 0.3) is 0 Å². The molecule has 3 heteroatoms. The predicted molar refractivity (Wildman–Crippen MR) is 62.2 cm³/mol. The largest absolute Gasteiger partial charge is 0.261 e. The topological polar surface area (TPSA) is 25.8 Å². The number of allylic oxidation sites excluding steroid dienone is 1. The molecule has 1 heterocycles. The summed E-state index contributed by atoms with van der Waals surface area (Å²) in [5.74, 6) is -0.217. The van der Waals surface area contributed by atoms with E-state index >= 15 is 0 Å². The van der Waals surface area contributed by atoms with Gasteiger partial charge in [0.2, 0.25) is 0 Å². The van der Waals surface area contributed by atoms with Crippen LogP contribution in [0.15, 0.2) is 48.9 Å². The molecule has 0 amide bonds. The Kier molecular flexibility index (Phi) is 3.05. The van der Waals surface area contributed by atoms with Crippen molar-refractivity contribution < 1.29 is 4.39 Å². The van der Waals surface area contributed by atoms with Crippen molar-refractivity contribution in [3.05, 3.63) is 54.5 Å². The average Bonchev–Trinajstić information content (AvgIpc) is 2.39. The highest BCUT2D eigenvalue weighted by Gasteiger charge is 2.01. The maximum absolute atomic E-state index is 13.2. The van der Waals surface area contributed by atoms with Crippen LogP contribution in [-0.4, -0.2) is 9.97 Å². The maximum Gasteiger partial charge on any atom is 0.126 e. The first-order valence-corrected chi connectivity index (χ1v) is 5.00. The summed E-state index contributed by atoms with van der Waals surface area (Å²) in [7, 11) is 0. The van der Waals surface area contributed by atoms with Crippen molar-refractivity contribution in [2.24, 2.45) is 0 Å². The lowest BCUT2D eigenvalue weighted by molar-refractivity contribution is 0.758. The SMILES string of the molecule is C/C=C(\F)c1ccc(-c2cnccn2)cc1.